The molecule has 124 valence electrons. The molecule has 0 saturated carbocycles. The zero-order valence-corrected chi connectivity index (χ0v) is 13.5. The third-order valence-corrected chi connectivity index (χ3v) is 4.00. The largest absolute Gasteiger partial charge is 0.343 e. The van der Waals surface area contributed by atoms with Gasteiger partial charge in [0.15, 0.2) is 5.78 Å². The van der Waals surface area contributed by atoms with Crippen molar-refractivity contribution >= 4 is 17.6 Å². The van der Waals surface area contributed by atoms with Crippen LogP contribution < -0.4 is 11.1 Å². The predicted molar refractivity (Wildman–Crippen MR) is 87.1 cm³/mol. The minimum Gasteiger partial charge on any atom is -0.343 e. The minimum absolute atomic E-state index is 0.00229. The molecule has 6 heteroatoms. The van der Waals surface area contributed by atoms with Crippen molar-refractivity contribution in [2.24, 2.45) is 11.7 Å². The predicted octanol–water partition coefficient (Wildman–Crippen LogP) is 0.815. The molecule has 0 aliphatic carbocycles. The number of piperidine rings is 1. The zero-order chi connectivity index (χ0) is 17.0. The van der Waals surface area contributed by atoms with Crippen LogP contribution in [0.15, 0.2) is 24.3 Å². The number of likely N-dealkylation sites (tertiary alicyclic amines) is 1. The molecular weight excluding hydrogens is 294 g/mol. The second-order valence-corrected chi connectivity index (χ2v) is 6.22. The van der Waals surface area contributed by atoms with Gasteiger partial charge in [0, 0.05) is 30.3 Å². The Kier molecular flexibility index (Phi) is 5.50. The first-order valence-corrected chi connectivity index (χ1v) is 7.79. The lowest BCUT2D eigenvalue weighted by molar-refractivity contribution is -0.132. The normalized spacial score (nSPS) is 20.9. The van der Waals surface area contributed by atoms with Crippen LogP contribution in [0.5, 0.6) is 0 Å². The number of rotatable bonds is 4. The highest BCUT2D eigenvalue weighted by molar-refractivity contribution is 5.98. The van der Waals surface area contributed by atoms with Crippen LogP contribution in [-0.2, 0) is 4.79 Å². The number of nitrogens with two attached hydrogens (primary N) is 1. The van der Waals surface area contributed by atoms with Crippen molar-refractivity contribution in [3.8, 4) is 0 Å². The molecule has 1 aromatic rings. The second kappa shape index (κ2) is 7.37. The quantitative estimate of drug-likeness (QED) is 0.804. The highest BCUT2D eigenvalue weighted by Gasteiger charge is 2.25. The smallest absolute Gasteiger partial charge is 0.251 e. The Bertz CT molecular complexity index is 588. The molecule has 0 spiro atoms. The van der Waals surface area contributed by atoms with Crippen LogP contribution in [0.3, 0.4) is 0 Å². The van der Waals surface area contributed by atoms with E-state index in [2.05, 4.69) is 12.2 Å². The number of hydrogen-bond donors (Lipinski definition) is 2. The number of benzene rings is 1. The monoisotopic (exact) mass is 317 g/mol. The Labute approximate surface area is 136 Å². The molecule has 1 aliphatic heterocycles. The topological polar surface area (TPSA) is 92.5 Å². The van der Waals surface area contributed by atoms with Gasteiger partial charge in [-0.1, -0.05) is 19.1 Å². The summed E-state index contributed by atoms with van der Waals surface area (Å²) >= 11 is 0. The van der Waals surface area contributed by atoms with Crippen molar-refractivity contribution < 1.29 is 14.4 Å². The molecule has 3 N–H and O–H groups in total. The molecule has 6 nitrogen and oxygen atoms in total. The van der Waals surface area contributed by atoms with Gasteiger partial charge in [0.1, 0.15) is 0 Å². The van der Waals surface area contributed by atoms with E-state index in [-0.39, 0.29) is 30.2 Å². The summed E-state index contributed by atoms with van der Waals surface area (Å²) in [4.78, 5) is 37.1. The third kappa shape index (κ3) is 4.63. The third-order valence-electron chi connectivity index (χ3n) is 4.00. The van der Waals surface area contributed by atoms with Crippen LogP contribution in [0.2, 0.25) is 0 Å². The highest BCUT2D eigenvalue weighted by Crippen LogP contribution is 2.14. The van der Waals surface area contributed by atoms with Crippen molar-refractivity contribution in [3.63, 3.8) is 0 Å². The molecule has 1 saturated heterocycles. The fourth-order valence-corrected chi connectivity index (χ4v) is 2.83. The lowest BCUT2D eigenvalue weighted by Crippen LogP contribution is -2.51. The Balaban J connectivity index is 1.88. The molecular formula is C17H23N3O3. The standard InChI is InChI=1S/C17H23N3O3/c1-11-7-15(18)10-20(9-11)16(22)8-19-17(23)14-5-3-13(4-6-14)12(2)21/h3-6,11,15H,7-10,18H2,1-2H3,(H,19,23). The van der Waals surface area contributed by atoms with Crippen molar-refractivity contribution in [3.05, 3.63) is 35.4 Å². The fourth-order valence-electron chi connectivity index (χ4n) is 2.83. The molecule has 2 unspecified atom stereocenters. The van der Waals surface area contributed by atoms with E-state index in [0.29, 0.717) is 30.1 Å². The van der Waals surface area contributed by atoms with Crippen molar-refractivity contribution in [2.45, 2.75) is 26.3 Å². The van der Waals surface area contributed by atoms with E-state index < -0.39 is 0 Å². The summed E-state index contributed by atoms with van der Waals surface area (Å²) in [6.07, 6.45) is 0.915. The van der Waals surface area contributed by atoms with Gasteiger partial charge in [0.25, 0.3) is 5.91 Å². The van der Waals surface area contributed by atoms with Crippen molar-refractivity contribution in [1.82, 2.24) is 10.2 Å². The maximum absolute atomic E-state index is 12.2. The van der Waals surface area contributed by atoms with E-state index in [1.165, 1.54) is 6.92 Å². The molecule has 1 heterocycles. The maximum atomic E-state index is 12.2. The van der Waals surface area contributed by atoms with Crippen LogP contribution in [-0.4, -0.2) is 48.2 Å². The van der Waals surface area contributed by atoms with Gasteiger partial charge in [-0.25, -0.2) is 0 Å². The molecule has 2 rings (SSSR count). The van der Waals surface area contributed by atoms with Crippen molar-refractivity contribution in [1.29, 1.82) is 0 Å². The van der Waals surface area contributed by atoms with E-state index in [4.69, 9.17) is 5.73 Å². The first-order chi connectivity index (χ1) is 10.9. The molecule has 0 aromatic heterocycles. The molecule has 23 heavy (non-hydrogen) atoms. The van der Waals surface area contributed by atoms with Gasteiger partial charge in [-0.15, -0.1) is 0 Å². The fraction of sp³-hybridized carbons (Fsp3) is 0.471. The Morgan fingerprint density at radius 3 is 2.35 bits per heavy atom. The zero-order valence-electron chi connectivity index (χ0n) is 13.5. The van der Waals surface area contributed by atoms with Crippen LogP contribution in [0.4, 0.5) is 0 Å². The van der Waals surface area contributed by atoms with E-state index >= 15 is 0 Å². The summed E-state index contributed by atoms with van der Waals surface area (Å²) in [7, 11) is 0. The number of Topliss-reactive ketones (excluding diaryl/α,β-unsaturated/α-hetero) is 1. The van der Waals surface area contributed by atoms with E-state index in [0.717, 1.165) is 6.42 Å². The number of carbonyl (C=O) groups is 3. The molecule has 1 aliphatic rings. The van der Waals surface area contributed by atoms with E-state index in [1.807, 2.05) is 0 Å². The average molecular weight is 317 g/mol. The van der Waals surface area contributed by atoms with Gasteiger partial charge in [-0.05, 0) is 31.4 Å². The van der Waals surface area contributed by atoms with Gasteiger partial charge < -0.3 is 16.0 Å². The van der Waals surface area contributed by atoms with Gasteiger partial charge in [0.2, 0.25) is 5.91 Å². The Hall–Kier alpha value is -2.21. The van der Waals surface area contributed by atoms with Crippen LogP contribution in [0, 0.1) is 5.92 Å². The first-order valence-electron chi connectivity index (χ1n) is 7.79. The lowest BCUT2D eigenvalue weighted by atomic mass is 9.96. The summed E-state index contributed by atoms with van der Waals surface area (Å²) in [6, 6.07) is 6.36. The number of amides is 2. The van der Waals surface area contributed by atoms with Crippen LogP contribution >= 0.6 is 0 Å². The lowest BCUT2D eigenvalue weighted by Gasteiger charge is -2.34. The summed E-state index contributed by atoms with van der Waals surface area (Å²) in [5.41, 5.74) is 6.90. The number of carbonyl (C=O) groups excluding carboxylic acids is 3. The van der Waals surface area contributed by atoms with Gasteiger partial charge in [-0.2, -0.15) is 0 Å². The van der Waals surface area contributed by atoms with Crippen LogP contribution in [0.1, 0.15) is 41.0 Å². The average Bonchev–Trinajstić information content (AvgIpc) is 2.51. The minimum atomic E-state index is -0.331. The number of ketones is 1. The van der Waals surface area contributed by atoms with Crippen molar-refractivity contribution in [2.75, 3.05) is 19.6 Å². The van der Waals surface area contributed by atoms with Gasteiger partial charge >= 0.3 is 0 Å². The second-order valence-electron chi connectivity index (χ2n) is 6.22. The Morgan fingerprint density at radius 1 is 1.17 bits per heavy atom. The first kappa shape index (κ1) is 17.1. The summed E-state index contributed by atoms with van der Waals surface area (Å²) < 4.78 is 0. The molecule has 0 bridgehead atoms. The molecule has 1 fully saturated rings. The summed E-state index contributed by atoms with van der Waals surface area (Å²) in [6.45, 7) is 4.70. The van der Waals surface area contributed by atoms with Gasteiger partial charge in [0.05, 0.1) is 6.54 Å². The maximum Gasteiger partial charge on any atom is 0.251 e. The molecule has 2 atom stereocenters. The Morgan fingerprint density at radius 2 is 1.78 bits per heavy atom. The number of nitrogens with one attached hydrogen (secondary N) is 1. The number of hydrogen-bond acceptors (Lipinski definition) is 4. The SMILES string of the molecule is CC(=O)c1ccc(C(=O)NCC(=O)N2CC(C)CC(N)C2)cc1. The van der Waals surface area contributed by atoms with E-state index in [1.54, 1.807) is 29.2 Å². The summed E-state index contributed by atoms with van der Waals surface area (Å²) in [5, 5.41) is 2.62. The van der Waals surface area contributed by atoms with Crippen LogP contribution in [0.25, 0.3) is 0 Å². The molecule has 0 radical (unpaired) electrons. The molecule has 1 aromatic carbocycles. The summed E-state index contributed by atoms with van der Waals surface area (Å²) in [5.74, 6) is -0.135. The molecule has 2 amide bonds. The highest BCUT2D eigenvalue weighted by atomic mass is 16.2. The number of nitrogens with zero attached hydrogens (tertiary/aromatic N) is 1. The van der Waals surface area contributed by atoms with E-state index in [9.17, 15) is 14.4 Å². The van der Waals surface area contributed by atoms with Gasteiger partial charge in [-0.3, -0.25) is 14.4 Å².